The molecule has 0 fully saturated rings. The lowest BCUT2D eigenvalue weighted by Crippen LogP contribution is -2.28. The fourth-order valence-electron chi connectivity index (χ4n) is 3.59. The van der Waals surface area contributed by atoms with Crippen LogP contribution in [0.5, 0.6) is 0 Å². The van der Waals surface area contributed by atoms with Crippen molar-refractivity contribution in [3.8, 4) is 0 Å². The van der Waals surface area contributed by atoms with E-state index in [0.29, 0.717) is 6.42 Å². The Labute approximate surface area is 193 Å². The second-order valence-electron chi connectivity index (χ2n) is 8.72. The maximum absolute atomic E-state index is 11.8. The minimum atomic E-state index is -0.817. The van der Waals surface area contributed by atoms with Crippen molar-refractivity contribution in [1.82, 2.24) is 0 Å². The van der Waals surface area contributed by atoms with Gasteiger partial charge >= 0.3 is 5.97 Å². The number of hydrogen-bond donors (Lipinski definition) is 2. The van der Waals surface area contributed by atoms with Gasteiger partial charge in [-0.3, -0.25) is 4.79 Å². The van der Waals surface area contributed by atoms with Crippen LogP contribution in [0.2, 0.25) is 0 Å². The number of carbonyl (C=O) groups is 1. The van der Waals surface area contributed by atoms with E-state index in [1.165, 1.54) is 5.56 Å². The Hall–Kier alpha value is -1.78. The lowest BCUT2D eigenvalue weighted by atomic mass is 9.78. The molecule has 0 aromatic heterocycles. The zero-order valence-electron chi connectivity index (χ0n) is 19.5. The second kappa shape index (κ2) is 14.3. The van der Waals surface area contributed by atoms with E-state index >= 15 is 0 Å². The summed E-state index contributed by atoms with van der Waals surface area (Å²) in [4.78, 5) is 11.8. The summed E-state index contributed by atoms with van der Waals surface area (Å²) >= 11 is 1.94. The molecule has 0 saturated carbocycles. The number of aliphatic hydroxyl groups is 1. The summed E-state index contributed by atoms with van der Waals surface area (Å²) in [6.45, 7) is 9.66. The highest BCUT2D eigenvalue weighted by Crippen LogP contribution is 2.33. The normalized spacial score (nSPS) is 16.1. The van der Waals surface area contributed by atoms with Crippen LogP contribution in [0.25, 0.3) is 0 Å². The third-order valence-electron chi connectivity index (χ3n) is 6.24. The second-order valence-corrected chi connectivity index (χ2v) is 9.94. The quantitative estimate of drug-likeness (QED) is 0.218. The summed E-state index contributed by atoms with van der Waals surface area (Å²) in [5.41, 5.74) is 1.09. The lowest BCUT2D eigenvalue weighted by molar-refractivity contribution is -0.146. The topological polar surface area (TPSA) is 57.5 Å². The van der Waals surface area contributed by atoms with Gasteiger partial charge in [-0.15, -0.1) is 0 Å². The molecule has 1 aromatic carbocycles. The van der Waals surface area contributed by atoms with Crippen LogP contribution in [0.15, 0.2) is 66.8 Å². The molecule has 4 heteroatoms. The van der Waals surface area contributed by atoms with Crippen molar-refractivity contribution in [2.45, 2.75) is 64.7 Å². The minimum Gasteiger partial charge on any atom is -0.481 e. The highest BCUT2D eigenvalue weighted by Gasteiger charge is 2.34. The largest absolute Gasteiger partial charge is 0.481 e. The number of unbranched alkanes of at least 4 members (excludes halogenated alkanes) is 2. The number of carboxylic acid groups (broad SMARTS) is 1. The molecule has 0 spiro atoms. The molecule has 0 aliphatic carbocycles. The zero-order chi connectivity index (χ0) is 23.2. The molecule has 31 heavy (non-hydrogen) atoms. The molecule has 0 heterocycles. The Bertz CT molecular complexity index is 725. The number of benzene rings is 1. The van der Waals surface area contributed by atoms with E-state index in [2.05, 4.69) is 25.6 Å². The average molecular weight is 445 g/mol. The molecular weight excluding hydrogens is 404 g/mol. The molecule has 1 rings (SSSR count). The molecule has 172 valence electrons. The summed E-state index contributed by atoms with van der Waals surface area (Å²) in [5.74, 6) is 1.41. The van der Waals surface area contributed by atoms with Gasteiger partial charge in [0.25, 0.3) is 0 Å². The van der Waals surface area contributed by atoms with Crippen LogP contribution in [0.4, 0.5) is 0 Å². The van der Waals surface area contributed by atoms with Crippen LogP contribution in [0.3, 0.4) is 0 Å². The number of hydrogen-bond acceptors (Lipinski definition) is 3. The number of aliphatic hydroxyl groups excluding tert-OH is 1. The predicted octanol–water partition coefficient (Wildman–Crippen LogP) is 6.79. The van der Waals surface area contributed by atoms with E-state index in [-0.39, 0.29) is 12.0 Å². The summed E-state index contributed by atoms with van der Waals surface area (Å²) in [6.07, 6.45) is 13.0. The van der Waals surface area contributed by atoms with Gasteiger partial charge in [-0.1, -0.05) is 86.6 Å². The number of aliphatic carboxylic acids is 1. The third-order valence-corrected chi connectivity index (χ3v) is 7.39. The van der Waals surface area contributed by atoms with Crippen molar-refractivity contribution in [3.05, 3.63) is 72.4 Å². The number of carboxylic acids is 1. The fourth-order valence-corrected chi connectivity index (χ4v) is 4.62. The molecule has 2 N–H and O–H groups in total. The molecule has 0 aliphatic rings. The van der Waals surface area contributed by atoms with Crippen LogP contribution in [0, 0.1) is 5.41 Å². The van der Waals surface area contributed by atoms with Crippen LogP contribution in [-0.4, -0.2) is 34.3 Å². The Kier molecular flexibility index (Phi) is 12.6. The number of allylic oxidation sites excluding steroid dienone is 4. The van der Waals surface area contributed by atoms with Crippen molar-refractivity contribution in [2.24, 2.45) is 5.41 Å². The van der Waals surface area contributed by atoms with Crippen molar-refractivity contribution >= 4 is 17.7 Å². The molecule has 3 nitrogen and oxygen atoms in total. The Morgan fingerprint density at radius 1 is 1.03 bits per heavy atom. The van der Waals surface area contributed by atoms with Gasteiger partial charge in [0.2, 0.25) is 0 Å². The van der Waals surface area contributed by atoms with Crippen molar-refractivity contribution < 1.29 is 15.0 Å². The van der Waals surface area contributed by atoms with Gasteiger partial charge in [-0.05, 0) is 56.6 Å². The van der Waals surface area contributed by atoms with Gasteiger partial charge in [0, 0.05) is 5.41 Å². The molecular formula is C27H40O3S. The highest BCUT2D eigenvalue weighted by atomic mass is 32.2. The lowest BCUT2D eigenvalue weighted by Gasteiger charge is -2.28. The van der Waals surface area contributed by atoms with Crippen LogP contribution < -0.4 is 0 Å². The molecule has 0 saturated heterocycles. The highest BCUT2D eigenvalue weighted by molar-refractivity contribution is 7.99. The van der Waals surface area contributed by atoms with E-state index in [1.54, 1.807) is 6.08 Å². The van der Waals surface area contributed by atoms with Gasteiger partial charge in [0.05, 0.1) is 12.0 Å². The Morgan fingerprint density at radius 3 is 2.19 bits per heavy atom. The Balaban J connectivity index is 2.29. The molecule has 1 aromatic rings. The molecule has 2 unspecified atom stereocenters. The fraction of sp³-hybridized carbons (Fsp3) is 0.519. The first-order chi connectivity index (χ1) is 14.8. The van der Waals surface area contributed by atoms with E-state index in [4.69, 9.17) is 0 Å². The van der Waals surface area contributed by atoms with Gasteiger partial charge in [-0.2, -0.15) is 11.8 Å². The van der Waals surface area contributed by atoms with E-state index < -0.39 is 11.4 Å². The van der Waals surface area contributed by atoms with E-state index in [0.717, 1.165) is 49.2 Å². The summed E-state index contributed by atoms with van der Waals surface area (Å²) in [5, 5.41) is 19.6. The molecule has 0 bridgehead atoms. The first kappa shape index (κ1) is 27.3. The Morgan fingerprint density at radius 2 is 1.65 bits per heavy atom. The molecule has 0 aliphatic heterocycles. The number of thioether (sulfide) groups is 1. The van der Waals surface area contributed by atoms with Gasteiger partial charge in [0.15, 0.2) is 0 Å². The molecule has 2 atom stereocenters. The van der Waals surface area contributed by atoms with Crippen molar-refractivity contribution in [1.29, 1.82) is 0 Å². The maximum atomic E-state index is 11.8. The smallest absolute Gasteiger partial charge is 0.313 e. The van der Waals surface area contributed by atoms with Crippen molar-refractivity contribution in [3.63, 3.8) is 0 Å². The zero-order valence-corrected chi connectivity index (χ0v) is 20.3. The first-order valence-electron chi connectivity index (χ1n) is 11.2. The van der Waals surface area contributed by atoms with Crippen LogP contribution >= 0.6 is 11.8 Å². The third kappa shape index (κ3) is 9.08. The maximum Gasteiger partial charge on any atom is 0.313 e. The average Bonchev–Trinajstić information content (AvgIpc) is 2.78. The van der Waals surface area contributed by atoms with Crippen LogP contribution in [0.1, 0.15) is 64.9 Å². The summed E-state index contributed by atoms with van der Waals surface area (Å²) in [6, 6.07) is 10.3. The number of rotatable bonds is 16. The first-order valence-corrected chi connectivity index (χ1v) is 12.4. The van der Waals surface area contributed by atoms with Gasteiger partial charge in [-0.25, -0.2) is 0 Å². The van der Waals surface area contributed by atoms with E-state index in [9.17, 15) is 15.0 Å². The van der Waals surface area contributed by atoms with Crippen LogP contribution in [-0.2, 0) is 10.2 Å². The van der Waals surface area contributed by atoms with Crippen molar-refractivity contribution in [2.75, 3.05) is 18.1 Å². The predicted molar refractivity (Wildman–Crippen MR) is 135 cm³/mol. The standard InChI is InChI=1S/C27H40O3S/c1-5-6-8-15-23(2)27(4,25(29)30)19-12-14-21-31-20-13-11-18-26(3,22-28)24-16-9-7-10-17-24/h5-10,15-17,28H,1,11-14,18-22H2,2-4H3,(H,29,30)/b8-6-,23-15+. The molecule has 0 amide bonds. The van der Waals surface area contributed by atoms with E-state index in [1.807, 2.05) is 62.0 Å². The summed E-state index contributed by atoms with van der Waals surface area (Å²) < 4.78 is 0. The summed E-state index contributed by atoms with van der Waals surface area (Å²) in [7, 11) is 0. The van der Waals surface area contributed by atoms with Gasteiger partial charge < -0.3 is 10.2 Å². The minimum absolute atomic E-state index is 0.167. The SMILES string of the molecule is C=C/C=C\C=C(/C)C(C)(CCCCSCCCCC(C)(CO)c1ccccc1)C(=O)O. The van der Waals surface area contributed by atoms with Gasteiger partial charge in [0.1, 0.15) is 0 Å². The monoisotopic (exact) mass is 444 g/mol. The molecule has 0 radical (unpaired) electrons.